The van der Waals surface area contributed by atoms with Gasteiger partial charge in [-0.25, -0.2) is 0 Å². The summed E-state index contributed by atoms with van der Waals surface area (Å²) in [5, 5.41) is 2.54. The second-order valence-electron chi connectivity index (χ2n) is 3.47. The number of rotatable bonds is 3. The molecule has 0 saturated carbocycles. The van der Waals surface area contributed by atoms with Crippen LogP contribution in [-0.2, 0) is 6.18 Å². The molecular formula is C10H12ClF3N2. The van der Waals surface area contributed by atoms with Crippen LogP contribution in [0.1, 0.15) is 12.5 Å². The summed E-state index contributed by atoms with van der Waals surface area (Å²) in [6.07, 6.45) is -4.44. The minimum atomic E-state index is -4.44. The Balaban J connectivity index is 2.99. The first kappa shape index (κ1) is 13.1. The van der Waals surface area contributed by atoms with Crippen LogP contribution in [0.15, 0.2) is 18.2 Å². The smallest absolute Gasteiger partial charge is 0.381 e. The maximum absolute atomic E-state index is 12.5. The molecule has 2 nitrogen and oxygen atoms in total. The van der Waals surface area contributed by atoms with Crippen LogP contribution in [0.3, 0.4) is 0 Å². The minimum Gasteiger partial charge on any atom is -0.381 e. The van der Waals surface area contributed by atoms with E-state index in [2.05, 4.69) is 5.32 Å². The fourth-order valence-corrected chi connectivity index (χ4v) is 1.40. The minimum absolute atomic E-state index is 0.0951. The summed E-state index contributed by atoms with van der Waals surface area (Å²) in [6, 6.07) is 3.59. The van der Waals surface area contributed by atoms with Crippen LogP contribution >= 0.6 is 11.6 Å². The van der Waals surface area contributed by atoms with E-state index in [1.807, 2.05) is 0 Å². The molecule has 0 spiro atoms. The predicted molar refractivity (Wildman–Crippen MR) is 58.6 cm³/mol. The van der Waals surface area contributed by atoms with E-state index in [0.717, 1.165) is 6.07 Å². The van der Waals surface area contributed by atoms with Crippen LogP contribution in [0.5, 0.6) is 0 Å². The van der Waals surface area contributed by atoms with Gasteiger partial charge in [0.15, 0.2) is 0 Å². The molecule has 0 aromatic heterocycles. The third-order valence-electron chi connectivity index (χ3n) is 2.04. The van der Waals surface area contributed by atoms with Gasteiger partial charge in [0.2, 0.25) is 0 Å². The number of alkyl halides is 3. The molecule has 0 bridgehead atoms. The van der Waals surface area contributed by atoms with Gasteiger partial charge in [-0.2, -0.15) is 13.2 Å². The number of nitrogens with two attached hydrogens (primary N) is 1. The van der Waals surface area contributed by atoms with Gasteiger partial charge < -0.3 is 11.1 Å². The van der Waals surface area contributed by atoms with E-state index < -0.39 is 11.7 Å². The monoisotopic (exact) mass is 252 g/mol. The van der Waals surface area contributed by atoms with E-state index >= 15 is 0 Å². The molecule has 0 unspecified atom stereocenters. The molecule has 0 aliphatic rings. The fourth-order valence-electron chi connectivity index (χ4n) is 1.18. The Hall–Kier alpha value is -0.940. The molecular weight excluding hydrogens is 241 g/mol. The average molecular weight is 253 g/mol. The van der Waals surface area contributed by atoms with Gasteiger partial charge in [0.05, 0.1) is 10.6 Å². The molecule has 0 aliphatic carbocycles. The fraction of sp³-hybridized carbons (Fsp3) is 0.400. The van der Waals surface area contributed by atoms with E-state index in [4.69, 9.17) is 17.3 Å². The Labute approximate surface area is 96.6 Å². The molecule has 0 aliphatic heterocycles. The largest absolute Gasteiger partial charge is 0.417 e. The van der Waals surface area contributed by atoms with Crippen molar-refractivity contribution in [2.24, 2.45) is 5.73 Å². The van der Waals surface area contributed by atoms with Gasteiger partial charge in [-0.1, -0.05) is 11.6 Å². The zero-order valence-electron chi connectivity index (χ0n) is 8.61. The number of nitrogens with one attached hydrogen (secondary N) is 1. The first-order valence-corrected chi connectivity index (χ1v) is 5.05. The third kappa shape index (κ3) is 3.28. The lowest BCUT2D eigenvalue weighted by molar-refractivity contribution is -0.137. The summed E-state index contributed by atoms with van der Waals surface area (Å²) in [4.78, 5) is 0. The zero-order valence-corrected chi connectivity index (χ0v) is 9.36. The van der Waals surface area contributed by atoms with E-state index in [9.17, 15) is 13.2 Å². The number of halogens is 4. The summed E-state index contributed by atoms with van der Waals surface area (Å²) >= 11 is 5.48. The van der Waals surface area contributed by atoms with Crippen LogP contribution < -0.4 is 11.1 Å². The molecule has 3 N–H and O–H groups in total. The molecule has 0 radical (unpaired) electrons. The van der Waals surface area contributed by atoms with E-state index in [-0.39, 0.29) is 11.1 Å². The Morgan fingerprint density at radius 3 is 2.56 bits per heavy atom. The number of hydrogen-bond donors (Lipinski definition) is 2. The topological polar surface area (TPSA) is 38.0 Å². The van der Waals surface area contributed by atoms with Crippen LogP contribution in [-0.4, -0.2) is 12.6 Å². The van der Waals surface area contributed by atoms with Crippen molar-refractivity contribution < 1.29 is 13.2 Å². The van der Waals surface area contributed by atoms with Gasteiger partial charge >= 0.3 is 6.18 Å². The third-order valence-corrected chi connectivity index (χ3v) is 2.37. The highest BCUT2D eigenvalue weighted by Gasteiger charge is 2.33. The SMILES string of the molecule is C[C@H](CN)Nc1ccc(Cl)c(C(F)(F)F)c1. The van der Waals surface area contributed by atoms with Crippen LogP contribution in [0.4, 0.5) is 18.9 Å². The second-order valence-corrected chi connectivity index (χ2v) is 3.88. The van der Waals surface area contributed by atoms with Crippen molar-refractivity contribution >= 4 is 17.3 Å². The van der Waals surface area contributed by atoms with E-state index in [1.54, 1.807) is 6.92 Å². The molecule has 0 fully saturated rings. The highest BCUT2D eigenvalue weighted by molar-refractivity contribution is 6.31. The van der Waals surface area contributed by atoms with Crippen molar-refractivity contribution in [1.82, 2.24) is 0 Å². The van der Waals surface area contributed by atoms with E-state index in [0.29, 0.717) is 12.2 Å². The summed E-state index contributed by atoms with van der Waals surface area (Å²) < 4.78 is 37.5. The van der Waals surface area contributed by atoms with E-state index in [1.165, 1.54) is 12.1 Å². The van der Waals surface area contributed by atoms with Gasteiger partial charge in [0, 0.05) is 18.3 Å². The first-order chi connectivity index (χ1) is 7.34. The Morgan fingerprint density at radius 2 is 2.06 bits per heavy atom. The van der Waals surface area contributed by atoms with Crippen molar-refractivity contribution in [3.8, 4) is 0 Å². The maximum Gasteiger partial charge on any atom is 0.417 e. The van der Waals surface area contributed by atoms with Crippen molar-refractivity contribution in [3.05, 3.63) is 28.8 Å². The van der Waals surface area contributed by atoms with Crippen molar-refractivity contribution in [3.63, 3.8) is 0 Å². The lowest BCUT2D eigenvalue weighted by Gasteiger charge is -2.15. The molecule has 0 heterocycles. The molecule has 1 aromatic rings. The average Bonchev–Trinajstić information content (AvgIpc) is 2.19. The Morgan fingerprint density at radius 1 is 1.44 bits per heavy atom. The van der Waals surface area contributed by atoms with Crippen LogP contribution in [0.2, 0.25) is 5.02 Å². The Kier molecular flexibility index (Phi) is 4.04. The molecule has 0 amide bonds. The highest BCUT2D eigenvalue weighted by Crippen LogP contribution is 2.36. The van der Waals surface area contributed by atoms with Crippen molar-refractivity contribution in [1.29, 1.82) is 0 Å². The Bertz CT molecular complexity index is 366. The standard InChI is InChI=1S/C10H12ClF3N2/c1-6(5-15)16-7-2-3-9(11)8(4-7)10(12,13)14/h2-4,6,16H,5,15H2,1H3/t6-/m1/s1. The molecule has 6 heteroatoms. The quantitative estimate of drug-likeness (QED) is 0.867. The summed E-state index contributed by atoms with van der Waals surface area (Å²) in [7, 11) is 0. The summed E-state index contributed by atoms with van der Waals surface area (Å²) in [5.74, 6) is 0. The lowest BCUT2D eigenvalue weighted by atomic mass is 10.2. The molecule has 1 atom stereocenters. The van der Waals surface area contributed by atoms with Crippen molar-refractivity contribution in [2.45, 2.75) is 19.1 Å². The van der Waals surface area contributed by atoms with Crippen molar-refractivity contribution in [2.75, 3.05) is 11.9 Å². The molecule has 90 valence electrons. The number of anilines is 1. The second kappa shape index (κ2) is 4.93. The maximum atomic E-state index is 12.5. The number of hydrogen-bond acceptors (Lipinski definition) is 2. The number of benzene rings is 1. The molecule has 1 rings (SSSR count). The van der Waals surface area contributed by atoms with Gasteiger partial charge in [0.1, 0.15) is 0 Å². The zero-order chi connectivity index (χ0) is 12.3. The van der Waals surface area contributed by atoms with Crippen LogP contribution in [0, 0.1) is 0 Å². The first-order valence-electron chi connectivity index (χ1n) is 4.68. The summed E-state index contributed by atoms with van der Waals surface area (Å²) in [6.45, 7) is 2.12. The molecule has 1 aromatic carbocycles. The normalized spacial score (nSPS) is 13.6. The lowest BCUT2D eigenvalue weighted by Crippen LogP contribution is -2.25. The van der Waals surface area contributed by atoms with Crippen LogP contribution in [0.25, 0.3) is 0 Å². The van der Waals surface area contributed by atoms with Gasteiger partial charge in [0.25, 0.3) is 0 Å². The highest BCUT2D eigenvalue weighted by atomic mass is 35.5. The molecule has 0 saturated heterocycles. The van der Waals surface area contributed by atoms with Gasteiger partial charge in [-0.15, -0.1) is 0 Å². The molecule has 16 heavy (non-hydrogen) atoms. The summed E-state index contributed by atoms with van der Waals surface area (Å²) in [5.41, 5.74) is 4.87. The predicted octanol–water partition coefficient (Wildman–Crippen LogP) is 3.12. The van der Waals surface area contributed by atoms with Gasteiger partial charge in [-0.3, -0.25) is 0 Å². The van der Waals surface area contributed by atoms with Gasteiger partial charge in [-0.05, 0) is 25.1 Å².